The van der Waals surface area contributed by atoms with Crippen LogP contribution in [0.2, 0.25) is 0 Å². The summed E-state index contributed by atoms with van der Waals surface area (Å²) in [5.41, 5.74) is 1.27. The second-order valence-electron chi connectivity index (χ2n) is 6.47. The molecule has 1 fully saturated rings. The summed E-state index contributed by atoms with van der Waals surface area (Å²) in [5.74, 6) is -0.608. The highest BCUT2D eigenvalue weighted by molar-refractivity contribution is 5.95. The minimum Gasteiger partial charge on any atom is -0.335 e. The molecule has 0 unspecified atom stereocenters. The van der Waals surface area contributed by atoms with Gasteiger partial charge in [0.25, 0.3) is 11.6 Å². The van der Waals surface area contributed by atoms with Gasteiger partial charge in [0.2, 0.25) is 0 Å². The minimum absolute atomic E-state index is 0.0289. The molecule has 1 saturated heterocycles. The third-order valence-corrected chi connectivity index (χ3v) is 4.59. The van der Waals surface area contributed by atoms with Gasteiger partial charge in [-0.05, 0) is 43.3 Å². The highest BCUT2D eigenvalue weighted by Crippen LogP contribution is 2.20. The highest BCUT2D eigenvalue weighted by Gasteiger charge is 2.25. The zero-order chi connectivity index (χ0) is 20.3. The van der Waals surface area contributed by atoms with Crippen molar-refractivity contribution in [2.75, 3.05) is 31.5 Å². The number of nitro groups is 1. The van der Waals surface area contributed by atoms with E-state index in [0.717, 1.165) is 0 Å². The van der Waals surface area contributed by atoms with Crippen LogP contribution in [0.25, 0.3) is 0 Å². The lowest BCUT2D eigenvalue weighted by atomic mass is 10.1. The van der Waals surface area contributed by atoms with E-state index in [1.54, 1.807) is 16.7 Å². The fraction of sp³-hybridized carbons (Fsp3) is 0.263. The standard InChI is InChI=1S/C19H19FN4O4/c1-13-12-14(2-7-17(13)24(27)28)18(25)22-8-10-23(11-9-22)19(26)21-16-5-3-15(20)4-6-16/h2-7,12H,8-11H2,1H3,(H,21,26). The number of nitrogens with zero attached hydrogens (tertiary/aromatic N) is 3. The molecule has 0 radical (unpaired) electrons. The Labute approximate surface area is 160 Å². The van der Waals surface area contributed by atoms with E-state index >= 15 is 0 Å². The number of benzene rings is 2. The van der Waals surface area contributed by atoms with Gasteiger partial charge in [-0.25, -0.2) is 9.18 Å². The number of hydrogen-bond acceptors (Lipinski definition) is 4. The summed E-state index contributed by atoms with van der Waals surface area (Å²) in [7, 11) is 0. The first-order chi connectivity index (χ1) is 13.3. The molecule has 1 N–H and O–H groups in total. The third kappa shape index (κ3) is 4.25. The number of nitro benzene ring substituents is 1. The van der Waals surface area contributed by atoms with Crippen molar-refractivity contribution in [3.05, 3.63) is 69.5 Å². The van der Waals surface area contributed by atoms with E-state index in [1.807, 2.05) is 0 Å². The molecule has 3 rings (SSSR count). The number of halogens is 1. The van der Waals surface area contributed by atoms with Crippen LogP contribution in [0.15, 0.2) is 42.5 Å². The van der Waals surface area contributed by atoms with Crippen LogP contribution in [0.5, 0.6) is 0 Å². The molecule has 1 aliphatic rings. The van der Waals surface area contributed by atoms with E-state index in [2.05, 4.69) is 5.32 Å². The van der Waals surface area contributed by atoms with Gasteiger partial charge in [-0.1, -0.05) is 0 Å². The second kappa shape index (κ2) is 8.03. The lowest BCUT2D eigenvalue weighted by Gasteiger charge is -2.34. The number of nitrogens with one attached hydrogen (secondary N) is 1. The quantitative estimate of drug-likeness (QED) is 0.648. The van der Waals surface area contributed by atoms with Crippen molar-refractivity contribution in [2.24, 2.45) is 0 Å². The maximum Gasteiger partial charge on any atom is 0.321 e. The van der Waals surface area contributed by atoms with Crippen LogP contribution in [0.3, 0.4) is 0 Å². The van der Waals surface area contributed by atoms with Gasteiger partial charge < -0.3 is 15.1 Å². The van der Waals surface area contributed by atoms with Gasteiger partial charge in [0, 0.05) is 49.1 Å². The Morgan fingerprint density at radius 3 is 2.21 bits per heavy atom. The normalized spacial score (nSPS) is 13.9. The summed E-state index contributed by atoms with van der Waals surface area (Å²) in [4.78, 5) is 38.5. The number of anilines is 1. The van der Waals surface area contributed by atoms with Crippen molar-refractivity contribution < 1.29 is 18.9 Å². The van der Waals surface area contributed by atoms with Gasteiger partial charge in [0.1, 0.15) is 5.82 Å². The van der Waals surface area contributed by atoms with Crippen LogP contribution in [-0.4, -0.2) is 52.8 Å². The van der Waals surface area contributed by atoms with E-state index in [9.17, 15) is 24.1 Å². The van der Waals surface area contributed by atoms with E-state index in [1.165, 1.54) is 42.5 Å². The molecule has 8 nitrogen and oxygen atoms in total. The Morgan fingerprint density at radius 1 is 1.04 bits per heavy atom. The Hall–Kier alpha value is -3.49. The highest BCUT2D eigenvalue weighted by atomic mass is 19.1. The van der Waals surface area contributed by atoms with Crippen molar-refractivity contribution in [1.82, 2.24) is 9.80 Å². The maximum absolute atomic E-state index is 12.9. The monoisotopic (exact) mass is 386 g/mol. The second-order valence-corrected chi connectivity index (χ2v) is 6.47. The van der Waals surface area contributed by atoms with E-state index in [4.69, 9.17) is 0 Å². The molecule has 28 heavy (non-hydrogen) atoms. The van der Waals surface area contributed by atoms with Crippen molar-refractivity contribution in [1.29, 1.82) is 0 Å². The molecule has 1 aliphatic heterocycles. The SMILES string of the molecule is Cc1cc(C(=O)N2CCN(C(=O)Nc3ccc(F)cc3)CC2)ccc1[N+](=O)[O-]. The summed E-state index contributed by atoms with van der Waals surface area (Å²) >= 11 is 0. The van der Waals surface area contributed by atoms with Crippen molar-refractivity contribution in [2.45, 2.75) is 6.92 Å². The summed E-state index contributed by atoms with van der Waals surface area (Å²) in [6, 6.07) is 9.44. The van der Waals surface area contributed by atoms with Crippen LogP contribution in [-0.2, 0) is 0 Å². The molecular weight excluding hydrogens is 367 g/mol. The minimum atomic E-state index is -0.484. The smallest absolute Gasteiger partial charge is 0.321 e. The zero-order valence-corrected chi connectivity index (χ0v) is 15.2. The summed E-state index contributed by atoms with van der Waals surface area (Å²) in [5, 5.41) is 13.6. The Morgan fingerprint density at radius 2 is 1.64 bits per heavy atom. The molecule has 0 bridgehead atoms. The third-order valence-electron chi connectivity index (χ3n) is 4.59. The van der Waals surface area contributed by atoms with E-state index in [0.29, 0.717) is 43.0 Å². The van der Waals surface area contributed by atoms with Gasteiger partial charge in [-0.2, -0.15) is 0 Å². The zero-order valence-electron chi connectivity index (χ0n) is 15.2. The van der Waals surface area contributed by atoms with Crippen molar-refractivity contribution in [3.63, 3.8) is 0 Å². The van der Waals surface area contributed by atoms with Crippen LogP contribution in [0.4, 0.5) is 20.6 Å². The number of aryl methyl sites for hydroxylation is 1. The predicted octanol–water partition coefficient (Wildman–Crippen LogP) is 3.03. The first-order valence-electron chi connectivity index (χ1n) is 8.71. The largest absolute Gasteiger partial charge is 0.335 e. The van der Waals surface area contributed by atoms with E-state index in [-0.39, 0.29) is 23.4 Å². The van der Waals surface area contributed by atoms with Gasteiger partial charge in [0.15, 0.2) is 0 Å². The average molecular weight is 386 g/mol. The first kappa shape index (κ1) is 19.3. The average Bonchev–Trinajstić information content (AvgIpc) is 2.69. The fourth-order valence-corrected chi connectivity index (χ4v) is 3.02. The van der Waals surface area contributed by atoms with Crippen molar-refractivity contribution in [3.8, 4) is 0 Å². The molecule has 9 heteroatoms. The lowest BCUT2D eigenvalue weighted by Crippen LogP contribution is -2.51. The lowest BCUT2D eigenvalue weighted by molar-refractivity contribution is -0.385. The number of piperazine rings is 1. The van der Waals surface area contributed by atoms with E-state index < -0.39 is 4.92 Å². The molecule has 3 amide bonds. The number of urea groups is 1. The number of hydrogen-bond donors (Lipinski definition) is 1. The Bertz CT molecular complexity index is 909. The van der Waals surface area contributed by atoms with Gasteiger partial charge in [-0.3, -0.25) is 14.9 Å². The molecule has 0 spiro atoms. The molecule has 1 heterocycles. The molecular formula is C19H19FN4O4. The van der Waals surface area contributed by atoms with Crippen LogP contribution >= 0.6 is 0 Å². The fourth-order valence-electron chi connectivity index (χ4n) is 3.02. The first-order valence-corrected chi connectivity index (χ1v) is 8.71. The Balaban J connectivity index is 1.58. The maximum atomic E-state index is 12.9. The van der Waals surface area contributed by atoms with Crippen molar-refractivity contribution >= 4 is 23.3 Å². The van der Waals surface area contributed by atoms with Crippen LogP contribution in [0, 0.1) is 22.9 Å². The molecule has 0 aliphatic carbocycles. The number of carbonyl (C=O) groups excluding carboxylic acids is 2. The summed E-state index contributed by atoms with van der Waals surface area (Å²) in [6.07, 6.45) is 0. The number of rotatable bonds is 3. The van der Waals surface area contributed by atoms with Gasteiger partial charge in [-0.15, -0.1) is 0 Å². The predicted molar refractivity (Wildman–Crippen MR) is 101 cm³/mol. The van der Waals surface area contributed by atoms with Gasteiger partial charge >= 0.3 is 6.03 Å². The molecule has 0 saturated carbocycles. The van der Waals surface area contributed by atoms with Crippen LogP contribution < -0.4 is 5.32 Å². The number of amides is 3. The summed E-state index contributed by atoms with van der Waals surface area (Å²) in [6.45, 7) is 3.00. The molecule has 2 aromatic carbocycles. The topological polar surface area (TPSA) is 95.8 Å². The molecule has 0 aromatic heterocycles. The van der Waals surface area contributed by atoms with Crippen LogP contribution in [0.1, 0.15) is 15.9 Å². The summed E-state index contributed by atoms with van der Waals surface area (Å²) < 4.78 is 12.9. The number of carbonyl (C=O) groups is 2. The molecule has 2 aromatic rings. The van der Waals surface area contributed by atoms with Gasteiger partial charge in [0.05, 0.1) is 4.92 Å². The molecule has 146 valence electrons. The molecule has 0 atom stereocenters. The Kier molecular flexibility index (Phi) is 5.53.